The third-order valence-corrected chi connectivity index (χ3v) is 8.49. The first kappa shape index (κ1) is 26.2. The van der Waals surface area contributed by atoms with Gasteiger partial charge in [-0.1, -0.05) is 51.1 Å². The zero-order valence-corrected chi connectivity index (χ0v) is 23.0. The molecule has 0 unspecified atom stereocenters. The quantitative estimate of drug-likeness (QED) is 0.283. The summed E-state index contributed by atoms with van der Waals surface area (Å²) in [6.07, 6.45) is 5.35. The highest BCUT2D eigenvalue weighted by Gasteiger charge is 2.21. The van der Waals surface area contributed by atoms with Crippen LogP contribution < -0.4 is 10.1 Å². The first-order chi connectivity index (χ1) is 17.3. The standard InChI is InChI=1S/C27H33N5O2S2/c1-5-32-23(16-34-19-13-11-18(12-14-19)27(2,3)4)30-31-26(32)35-17-24(33)29-25-21(15-28)20-9-7-6-8-10-22(20)36-25/h11-14H,5-10,16-17H2,1-4H3,(H,29,33). The van der Waals surface area contributed by atoms with Gasteiger partial charge in [-0.05, 0) is 61.3 Å². The Morgan fingerprint density at radius 3 is 2.64 bits per heavy atom. The third-order valence-electron chi connectivity index (χ3n) is 6.32. The minimum absolute atomic E-state index is 0.0950. The van der Waals surface area contributed by atoms with Crippen molar-refractivity contribution in [1.82, 2.24) is 14.8 Å². The van der Waals surface area contributed by atoms with Gasteiger partial charge in [0.25, 0.3) is 0 Å². The number of aryl methyl sites for hydroxylation is 1. The van der Waals surface area contributed by atoms with Crippen LogP contribution in [-0.2, 0) is 36.2 Å². The molecule has 1 aliphatic carbocycles. The Morgan fingerprint density at radius 2 is 1.94 bits per heavy atom. The topological polar surface area (TPSA) is 92.8 Å². The number of carbonyl (C=O) groups is 1. The molecule has 0 radical (unpaired) electrons. The number of ether oxygens (including phenoxy) is 1. The summed E-state index contributed by atoms with van der Waals surface area (Å²) in [4.78, 5) is 14.0. The van der Waals surface area contributed by atoms with Gasteiger partial charge < -0.3 is 14.6 Å². The van der Waals surface area contributed by atoms with E-state index in [-0.39, 0.29) is 17.1 Å². The van der Waals surface area contributed by atoms with E-state index in [0.717, 1.165) is 37.0 Å². The molecule has 7 nitrogen and oxygen atoms in total. The number of nitrogens with zero attached hydrogens (tertiary/aromatic N) is 4. The Hall–Kier alpha value is -2.83. The molecule has 0 saturated heterocycles. The molecule has 1 amide bonds. The van der Waals surface area contributed by atoms with Crippen LogP contribution in [0.2, 0.25) is 0 Å². The summed E-state index contributed by atoms with van der Waals surface area (Å²) in [6.45, 7) is 9.55. The van der Waals surface area contributed by atoms with E-state index in [1.165, 1.54) is 28.6 Å². The molecule has 36 heavy (non-hydrogen) atoms. The van der Waals surface area contributed by atoms with Crippen molar-refractivity contribution in [3.8, 4) is 11.8 Å². The minimum atomic E-state index is -0.143. The maximum atomic E-state index is 12.7. The highest BCUT2D eigenvalue weighted by Crippen LogP contribution is 2.37. The molecular formula is C27H33N5O2S2. The minimum Gasteiger partial charge on any atom is -0.486 e. The van der Waals surface area contributed by atoms with Crippen molar-refractivity contribution in [2.45, 2.75) is 83.5 Å². The van der Waals surface area contributed by atoms with Gasteiger partial charge in [-0.2, -0.15) is 5.26 Å². The van der Waals surface area contributed by atoms with Crippen LogP contribution in [0.4, 0.5) is 5.00 Å². The molecule has 9 heteroatoms. The van der Waals surface area contributed by atoms with Crippen LogP contribution in [0.15, 0.2) is 29.4 Å². The molecule has 0 spiro atoms. The SMILES string of the molecule is CCn1c(COc2ccc(C(C)(C)C)cc2)nnc1SCC(=O)Nc1sc2c(c1C#N)CCCCC2. The molecule has 1 aromatic carbocycles. The van der Waals surface area contributed by atoms with E-state index in [9.17, 15) is 10.1 Å². The highest BCUT2D eigenvalue weighted by molar-refractivity contribution is 7.99. The normalized spacial score (nSPS) is 13.5. The van der Waals surface area contributed by atoms with Crippen LogP contribution >= 0.6 is 23.1 Å². The molecule has 0 bridgehead atoms. The maximum Gasteiger partial charge on any atom is 0.235 e. The van der Waals surface area contributed by atoms with E-state index in [1.807, 2.05) is 23.6 Å². The molecule has 4 rings (SSSR count). The van der Waals surface area contributed by atoms with E-state index >= 15 is 0 Å². The van der Waals surface area contributed by atoms with Gasteiger partial charge in [-0.15, -0.1) is 21.5 Å². The Kier molecular flexibility index (Phi) is 8.37. The van der Waals surface area contributed by atoms with Crippen molar-refractivity contribution in [1.29, 1.82) is 5.26 Å². The van der Waals surface area contributed by atoms with Gasteiger partial charge in [0.05, 0.1) is 11.3 Å². The van der Waals surface area contributed by atoms with Crippen molar-refractivity contribution in [2.24, 2.45) is 0 Å². The second-order valence-electron chi connectivity index (χ2n) is 9.92. The fourth-order valence-electron chi connectivity index (χ4n) is 4.29. The molecule has 3 aromatic rings. The fraction of sp³-hybridized carbons (Fsp3) is 0.481. The second kappa shape index (κ2) is 11.5. The Bertz CT molecular complexity index is 1250. The summed E-state index contributed by atoms with van der Waals surface area (Å²) in [5.74, 6) is 1.55. The van der Waals surface area contributed by atoms with E-state index in [0.29, 0.717) is 34.7 Å². The lowest BCUT2D eigenvalue weighted by Crippen LogP contribution is -2.15. The summed E-state index contributed by atoms with van der Waals surface area (Å²) in [7, 11) is 0. The number of thiophene rings is 1. The molecule has 1 N–H and O–H groups in total. The Labute approximate surface area is 221 Å². The monoisotopic (exact) mass is 523 g/mol. The van der Waals surface area contributed by atoms with Crippen molar-refractivity contribution in [3.63, 3.8) is 0 Å². The van der Waals surface area contributed by atoms with E-state index in [4.69, 9.17) is 4.74 Å². The maximum absolute atomic E-state index is 12.7. The van der Waals surface area contributed by atoms with Crippen LogP contribution in [0, 0.1) is 11.3 Å². The molecule has 0 fully saturated rings. The van der Waals surface area contributed by atoms with Crippen LogP contribution in [0.1, 0.15) is 74.3 Å². The van der Waals surface area contributed by atoms with E-state index in [2.05, 4.69) is 54.5 Å². The number of fused-ring (bicyclic) bond motifs is 1. The van der Waals surface area contributed by atoms with E-state index in [1.54, 1.807) is 11.3 Å². The van der Waals surface area contributed by atoms with Gasteiger partial charge in [0, 0.05) is 11.4 Å². The zero-order chi connectivity index (χ0) is 25.7. The fourth-order valence-corrected chi connectivity index (χ4v) is 6.37. The highest BCUT2D eigenvalue weighted by atomic mass is 32.2. The first-order valence-corrected chi connectivity index (χ1v) is 14.2. The number of hydrogen-bond acceptors (Lipinski definition) is 7. The van der Waals surface area contributed by atoms with Gasteiger partial charge >= 0.3 is 0 Å². The third kappa shape index (κ3) is 6.11. The summed E-state index contributed by atoms with van der Waals surface area (Å²) in [6, 6.07) is 10.4. The summed E-state index contributed by atoms with van der Waals surface area (Å²) < 4.78 is 7.92. The van der Waals surface area contributed by atoms with Crippen molar-refractivity contribution in [3.05, 3.63) is 51.7 Å². The first-order valence-electron chi connectivity index (χ1n) is 12.4. The number of nitrogens with one attached hydrogen (secondary N) is 1. The molecule has 190 valence electrons. The lowest BCUT2D eigenvalue weighted by atomic mass is 9.87. The molecule has 2 aromatic heterocycles. The largest absolute Gasteiger partial charge is 0.486 e. The van der Waals surface area contributed by atoms with Gasteiger partial charge in [0.15, 0.2) is 11.0 Å². The number of benzene rings is 1. The second-order valence-corrected chi connectivity index (χ2v) is 12.0. The molecule has 0 aliphatic heterocycles. The van der Waals surface area contributed by atoms with Gasteiger partial charge in [-0.3, -0.25) is 4.79 Å². The predicted octanol–water partition coefficient (Wildman–Crippen LogP) is 6.11. The lowest BCUT2D eigenvalue weighted by Gasteiger charge is -2.19. The smallest absolute Gasteiger partial charge is 0.235 e. The summed E-state index contributed by atoms with van der Waals surface area (Å²) in [5, 5.41) is 22.6. The van der Waals surface area contributed by atoms with Crippen molar-refractivity contribution >= 4 is 34.0 Å². The number of rotatable bonds is 8. The van der Waals surface area contributed by atoms with Crippen LogP contribution in [-0.4, -0.2) is 26.4 Å². The Balaban J connectivity index is 1.35. The average Bonchev–Trinajstić information content (AvgIpc) is 3.31. The molecule has 2 heterocycles. The van der Waals surface area contributed by atoms with Crippen molar-refractivity contribution < 1.29 is 9.53 Å². The predicted molar refractivity (Wildman–Crippen MR) is 145 cm³/mol. The van der Waals surface area contributed by atoms with Gasteiger partial charge in [-0.25, -0.2) is 0 Å². The number of carbonyl (C=O) groups excluding carboxylic acids is 1. The number of thioether (sulfide) groups is 1. The average molecular weight is 524 g/mol. The van der Waals surface area contributed by atoms with Crippen LogP contribution in [0.25, 0.3) is 0 Å². The molecule has 0 saturated carbocycles. The number of nitriles is 1. The number of aromatic nitrogens is 3. The molecule has 1 aliphatic rings. The number of hydrogen-bond donors (Lipinski definition) is 1. The van der Waals surface area contributed by atoms with E-state index < -0.39 is 0 Å². The zero-order valence-electron chi connectivity index (χ0n) is 21.4. The van der Waals surface area contributed by atoms with Gasteiger partial charge in [0.2, 0.25) is 5.91 Å². The molecule has 0 atom stereocenters. The summed E-state index contributed by atoms with van der Waals surface area (Å²) >= 11 is 2.90. The number of anilines is 1. The van der Waals surface area contributed by atoms with Crippen LogP contribution in [0.5, 0.6) is 5.75 Å². The number of amides is 1. The van der Waals surface area contributed by atoms with Crippen LogP contribution in [0.3, 0.4) is 0 Å². The molecular weight excluding hydrogens is 490 g/mol. The van der Waals surface area contributed by atoms with Gasteiger partial charge in [0.1, 0.15) is 23.4 Å². The lowest BCUT2D eigenvalue weighted by molar-refractivity contribution is -0.113. The summed E-state index contributed by atoms with van der Waals surface area (Å²) in [5.41, 5.74) is 3.12. The Morgan fingerprint density at radius 1 is 1.19 bits per heavy atom. The van der Waals surface area contributed by atoms with Crippen molar-refractivity contribution in [2.75, 3.05) is 11.1 Å².